The first kappa shape index (κ1) is 24.3. The van der Waals surface area contributed by atoms with Crippen LogP contribution in [-0.4, -0.2) is 0 Å². The van der Waals surface area contributed by atoms with E-state index in [1.165, 1.54) is 93.7 Å². The molecular formula is C29H42O. The first-order valence-electron chi connectivity index (χ1n) is 12.3. The molecule has 0 N–H and O–H groups in total. The zero-order valence-electron chi connectivity index (χ0n) is 19.4. The average molecular weight is 407 g/mol. The normalized spacial score (nSPS) is 11.3. The van der Waals surface area contributed by atoms with Gasteiger partial charge in [0.1, 0.15) is 12.4 Å². The summed E-state index contributed by atoms with van der Waals surface area (Å²) in [7, 11) is 0. The number of benzene rings is 2. The van der Waals surface area contributed by atoms with E-state index < -0.39 is 0 Å². The smallest absolute Gasteiger partial charge is 0.119 e. The average Bonchev–Trinajstić information content (AvgIpc) is 2.78. The molecule has 1 nitrogen and oxygen atoms in total. The highest BCUT2D eigenvalue weighted by atomic mass is 16.5. The minimum Gasteiger partial charge on any atom is -0.489 e. The molecule has 1 heteroatoms. The third-order valence-corrected chi connectivity index (χ3v) is 5.66. The monoisotopic (exact) mass is 406 g/mol. The topological polar surface area (TPSA) is 9.23 Å². The summed E-state index contributed by atoms with van der Waals surface area (Å²) < 4.78 is 5.97. The van der Waals surface area contributed by atoms with E-state index >= 15 is 0 Å². The van der Waals surface area contributed by atoms with Crippen LogP contribution in [0.4, 0.5) is 0 Å². The van der Waals surface area contributed by atoms with Crippen molar-refractivity contribution < 1.29 is 4.74 Å². The van der Waals surface area contributed by atoms with Gasteiger partial charge in [0.05, 0.1) is 0 Å². The van der Waals surface area contributed by atoms with Gasteiger partial charge < -0.3 is 4.74 Å². The molecular weight excluding hydrogens is 364 g/mol. The van der Waals surface area contributed by atoms with Crippen molar-refractivity contribution in [3.63, 3.8) is 0 Å². The Labute approximate surface area is 185 Å². The Bertz CT molecular complexity index is 681. The molecule has 0 aromatic heterocycles. The van der Waals surface area contributed by atoms with Crippen LogP contribution in [-0.2, 0) is 13.0 Å². The van der Waals surface area contributed by atoms with Gasteiger partial charge in [-0.05, 0) is 54.5 Å². The van der Waals surface area contributed by atoms with Crippen LogP contribution >= 0.6 is 0 Å². The van der Waals surface area contributed by atoms with E-state index in [0.29, 0.717) is 6.61 Å². The Hall–Kier alpha value is -2.02. The minimum atomic E-state index is 0.629. The minimum absolute atomic E-state index is 0.629. The van der Waals surface area contributed by atoms with E-state index in [4.69, 9.17) is 4.74 Å². The molecule has 0 aliphatic carbocycles. The summed E-state index contributed by atoms with van der Waals surface area (Å²) in [5.41, 5.74) is 3.93. The van der Waals surface area contributed by atoms with Gasteiger partial charge >= 0.3 is 0 Å². The second kappa shape index (κ2) is 15.8. The van der Waals surface area contributed by atoms with Crippen molar-refractivity contribution >= 4 is 6.08 Å². The predicted octanol–water partition coefficient (Wildman–Crippen LogP) is 9.15. The number of allylic oxidation sites excluding steroid dienone is 1. The molecule has 0 aliphatic heterocycles. The van der Waals surface area contributed by atoms with Crippen molar-refractivity contribution in [3.05, 3.63) is 71.3 Å². The molecule has 2 aromatic carbocycles. The second-order valence-corrected chi connectivity index (χ2v) is 8.44. The Kier molecular flexibility index (Phi) is 12.7. The van der Waals surface area contributed by atoms with E-state index in [0.717, 1.165) is 5.75 Å². The van der Waals surface area contributed by atoms with E-state index in [-0.39, 0.29) is 0 Å². The van der Waals surface area contributed by atoms with Crippen LogP contribution in [0.1, 0.15) is 101 Å². The lowest BCUT2D eigenvalue weighted by Crippen LogP contribution is -1.96. The summed E-state index contributed by atoms with van der Waals surface area (Å²) in [5, 5.41) is 0. The fraction of sp³-hybridized carbons (Fsp3) is 0.517. The molecule has 0 heterocycles. The number of ether oxygens (including phenoxy) is 1. The number of unbranched alkanes of at least 4 members (excludes halogenated alkanes) is 9. The van der Waals surface area contributed by atoms with Gasteiger partial charge in [-0.1, -0.05) is 114 Å². The number of hydrogen-bond donors (Lipinski definition) is 0. The summed E-state index contributed by atoms with van der Waals surface area (Å²) in [6.07, 6.45) is 20.3. The van der Waals surface area contributed by atoms with Gasteiger partial charge in [0.2, 0.25) is 0 Å². The van der Waals surface area contributed by atoms with Crippen molar-refractivity contribution in [2.75, 3.05) is 0 Å². The molecule has 2 rings (SSSR count). The van der Waals surface area contributed by atoms with Gasteiger partial charge in [0.15, 0.2) is 0 Å². The quantitative estimate of drug-likeness (QED) is 0.252. The van der Waals surface area contributed by atoms with Gasteiger partial charge in [-0.15, -0.1) is 0 Å². The molecule has 0 fully saturated rings. The van der Waals surface area contributed by atoms with Crippen molar-refractivity contribution in [3.8, 4) is 5.75 Å². The first-order valence-corrected chi connectivity index (χ1v) is 12.3. The maximum absolute atomic E-state index is 5.97. The largest absolute Gasteiger partial charge is 0.489 e. The number of rotatable bonds is 16. The van der Waals surface area contributed by atoms with E-state index in [9.17, 15) is 0 Å². The SMILES string of the molecule is CCCCCC=Cc1ccc(OCc2ccc(CCCCCCCCC)cc2)cc1. The fourth-order valence-corrected chi connectivity index (χ4v) is 3.66. The molecule has 0 unspecified atom stereocenters. The molecule has 0 aliphatic rings. The summed E-state index contributed by atoms with van der Waals surface area (Å²) in [6.45, 7) is 5.15. The summed E-state index contributed by atoms with van der Waals surface area (Å²) in [4.78, 5) is 0. The molecule has 0 amide bonds. The molecule has 164 valence electrons. The van der Waals surface area contributed by atoms with E-state index in [1.54, 1.807) is 0 Å². The maximum atomic E-state index is 5.97. The van der Waals surface area contributed by atoms with Crippen LogP contribution in [0.2, 0.25) is 0 Å². The lowest BCUT2D eigenvalue weighted by atomic mass is 10.0. The van der Waals surface area contributed by atoms with Crippen molar-refractivity contribution in [2.45, 2.75) is 97.5 Å². The zero-order valence-corrected chi connectivity index (χ0v) is 19.4. The van der Waals surface area contributed by atoms with Crippen molar-refractivity contribution in [1.29, 1.82) is 0 Å². The molecule has 30 heavy (non-hydrogen) atoms. The van der Waals surface area contributed by atoms with Gasteiger partial charge in [0, 0.05) is 0 Å². The first-order chi connectivity index (χ1) is 14.8. The molecule has 0 bridgehead atoms. The van der Waals surface area contributed by atoms with E-state index in [2.05, 4.69) is 74.5 Å². The van der Waals surface area contributed by atoms with Crippen LogP contribution in [0, 0.1) is 0 Å². The summed E-state index contributed by atoms with van der Waals surface area (Å²) in [5.74, 6) is 0.935. The Morgan fingerprint density at radius 2 is 1.23 bits per heavy atom. The summed E-state index contributed by atoms with van der Waals surface area (Å²) in [6, 6.07) is 17.4. The van der Waals surface area contributed by atoms with Gasteiger partial charge in [-0.25, -0.2) is 0 Å². The maximum Gasteiger partial charge on any atom is 0.119 e. The van der Waals surface area contributed by atoms with Crippen LogP contribution in [0.3, 0.4) is 0 Å². The zero-order chi connectivity index (χ0) is 21.3. The number of hydrogen-bond acceptors (Lipinski definition) is 1. The summed E-state index contributed by atoms with van der Waals surface area (Å²) >= 11 is 0. The Balaban J connectivity index is 1.64. The molecule has 0 spiro atoms. The standard InChI is InChI=1S/C29H42O/c1-3-5-7-9-10-12-14-15-26-17-19-28(20-18-26)25-30-29-23-21-27(22-24-29)16-13-11-8-6-4-2/h13,16-24H,3-12,14-15,25H2,1-2H3. The molecule has 0 saturated carbocycles. The van der Waals surface area contributed by atoms with Crippen LogP contribution in [0.5, 0.6) is 5.75 Å². The molecule has 0 saturated heterocycles. The lowest BCUT2D eigenvalue weighted by molar-refractivity contribution is 0.306. The van der Waals surface area contributed by atoms with Crippen molar-refractivity contribution in [2.24, 2.45) is 0 Å². The Morgan fingerprint density at radius 3 is 1.93 bits per heavy atom. The van der Waals surface area contributed by atoms with Gasteiger partial charge in [-0.3, -0.25) is 0 Å². The van der Waals surface area contributed by atoms with Crippen LogP contribution in [0.25, 0.3) is 6.08 Å². The van der Waals surface area contributed by atoms with E-state index in [1.807, 2.05) is 0 Å². The highest BCUT2D eigenvalue weighted by Crippen LogP contribution is 2.17. The highest BCUT2D eigenvalue weighted by molar-refractivity contribution is 5.50. The van der Waals surface area contributed by atoms with Gasteiger partial charge in [0.25, 0.3) is 0 Å². The fourth-order valence-electron chi connectivity index (χ4n) is 3.66. The Morgan fingerprint density at radius 1 is 0.633 bits per heavy atom. The lowest BCUT2D eigenvalue weighted by Gasteiger charge is -2.08. The third-order valence-electron chi connectivity index (χ3n) is 5.66. The molecule has 0 atom stereocenters. The third kappa shape index (κ3) is 10.7. The predicted molar refractivity (Wildman–Crippen MR) is 132 cm³/mol. The molecule has 2 aromatic rings. The highest BCUT2D eigenvalue weighted by Gasteiger charge is 1.99. The van der Waals surface area contributed by atoms with Crippen LogP contribution in [0.15, 0.2) is 54.6 Å². The molecule has 0 radical (unpaired) electrons. The van der Waals surface area contributed by atoms with Gasteiger partial charge in [-0.2, -0.15) is 0 Å². The van der Waals surface area contributed by atoms with Crippen LogP contribution < -0.4 is 4.74 Å². The number of aryl methyl sites for hydroxylation is 1. The van der Waals surface area contributed by atoms with Crippen molar-refractivity contribution in [1.82, 2.24) is 0 Å². The second-order valence-electron chi connectivity index (χ2n) is 8.44.